The second-order valence-electron chi connectivity index (χ2n) is 7.78. The molecule has 0 saturated heterocycles. The Labute approximate surface area is 223 Å². The first kappa shape index (κ1) is 28.2. The van der Waals surface area contributed by atoms with E-state index in [1.807, 2.05) is 24.3 Å². The van der Waals surface area contributed by atoms with Crippen molar-refractivity contribution in [2.24, 2.45) is 7.05 Å². The van der Waals surface area contributed by atoms with Gasteiger partial charge in [0, 0.05) is 7.05 Å². The Kier molecular flexibility index (Phi) is 10.1. The molecule has 0 atom stereocenters. The van der Waals surface area contributed by atoms with Gasteiger partial charge in [-0.3, -0.25) is 4.79 Å². The van der Waals surface area contributed by atoms with Crippen LogP contribution in [0.15, 0.2) is 29.4 Å². The van der Waals surface area contributed by atoms with Crippen molar-refractivity contribution in [3.63, 3.8) is 0 Å². The third kappa shape index (κ3) is 7.10. The molecular weight excluding hydrogens is 516 g/mol. The summed E-state index contributed by atoms with van der Waals surface area (Å²) in [6.45, 7) is 7.68. The molecule has 2 aromatic heterocycles. The molecular formula is C25H30N4O6S2. The van der Waals surface area contributed by atoms with Gasteiger partial charge in [0.1, 0.15) is 22.2 Å². The minimum absolute atomic E-state index is 0.0132. The Hall–Kier alpha value is -3.38. The molecule has 2 heterocycles. The van der Waals surface area contributed by atoms with Crippen LogP contribution in [-0.4, -0.2) is 51.6 Å². The molecule has 0 saturated carbocycles. The molecule has 0 aliphatic carbocycles. The number of anilines is 1. The number of esters is 2. The molecule has 1 N–H and O–H groups in total. The maximum absolute atomic E-state index is 12.7. The fraction of sp³-hybridized carbons (Fsp3) is 0.400. The van der Waals surface area contributed by atoms with Crippen LogP contribution in [0, 0.1) is 6.92 Å². The molecule has 1 amide bonds. The number of thioether (sulfide) groups is 1. The van der Waals surface area contributed by atoms with Crippen LogP contribution in [0.2, 0.25) is 0 Å². The Bertz CT molecular complexity index is 1250. The van der Waals surface area contributed by atoms with E-state index in [4.69, 9.17) is 14.2 Å². The van der Waals surface area contributed by atoms with Crippen molar-refractivity contribution in [3.8, 4) is 5.75 Å². The number of aryl methyl sites for hydroxylation is 1. The maximum Gasteiger partial charge on any atom is 0.348 e. The summed E-state index contributed by atoms with van der Waals surface area (Å²) in [6.07, 6.45) is 0.959. The van der Waals surface area contributed by atoms with Crippen LogP contribution in [0.25, 0.3) is 0 Å². The first-order valence-electron chi connectivity index (χ1n) is 11.8. The molecule has 0 aliphatic rings. The Balaban J connectivity index is 1.64. The van der Waals surface area contributed by atoms with Crippen molar-refractivity contribution in [2.45, 2.75) is 45.9 Å². The number of carbonyl (C=O) groups excluding carboxylic acids is 3. The zero-order chi connectivity index (χ0) is 26.9. The smallest absolute Gasteiger partial charge is 0.348 e. The lowest BCUT2D eigenvalue weighted by Gasteiger charge is -2.08. The van der Waals surface area contributed by atoms with E-state index in [1.54, 1.807) is 32.4 Å². The highest BCUT2D eigenvalue weighted by molar-refractivity contribution is 7.99. The topological polar surface area (TPSA) is 122 Å². The molecule has 3 aromatic rings. The molecule has 0 spiro atoms. The predicted molar refractivity (Wildman–Crippen MR) is 141 cm³/mol. The van der Waals surface area contributed by atoms with E-state index >= 15 is 0 Å². The van der Waals surface area contributed by atoms with Gasteiger partial charge < -0.3 is 24.1 Å². The summed E-state index contributed by atoms with van der Waals surface area (Å²) >= 11 is 2.18. The summed E-state index contributed by atoms with van der Waals surface area (Å²) in [5, 5.41) is 11.8. The number of carbonyl (C=O) groups is 3. The monoisotopic (exact) mass is 546 g/mol. The van der Waals surface area contributed by atoms with Gasteiger partial charge >= 0.3 is 11.9 Å². The molecule has 10 nitrogen and oxygen atoms in total. The van der Waals surface area contributed by atoms with E-state index in [0.29, 0.717) is 16.5 Å². The van der Waals surface area contributed by atoms with Crippen LogP contribution in [0.4, 0.5) is 5.00 Å². The highest BCUT2D eigenvalue weighted by Gasteiger charge is 2.27. The standard InChI is InChI=1S/C25H30N4O6S2/c1-6-16-9-11-17(12-10-16)35-13-18-27-28-25(29(18)5)36-14-19(30)26-22-20(23(31)33-7-2)15(4)21(37-22)24(32)34-8-3/h9-12H,6-8,13-14H2,1-5H3,(H,26,30). The number of hydrogen-bond acceptors (Lipinski definition) is 10. The maximum atomic E-state index is 12.7. The van der Waals surface area contributed by atoms with E-state index in [1.165, 1.54) is 17.3 Å². The average Bonchev–Trinajstić information content (AvgIpc) is 3.40. The van der Waals surface area contributed by atoms with Crippen molar-refractivity contribution in [1.29, 1.82) is 0 Å². The zero-order valence-corrected chi connectivity index (χ0v) is 23.1. The van der Waals surface area contributed by atoms with Crippen LogP contribution in [0.3, 0.4) is 0 Å². The Morgan fingerprint density at radius 1 is 1.03 bits per heavy atom. The first-order valence-corrected chi connectivity index (χ1v) is 13.6. The fourth-order valence-corrected chi connectivity index (χ4v) is 5.14. The summed E-state index contributed by atoms with van der Waals surface area (Å²) < 4.78 is 17.8. The van der Waals surface area contributed by atoms with Crippen molar-refractivity contribution < 1.29 is 28.6 Å². The van der Waals surface area contributed by atoms with Crippen LogP contribution >= 0.6 is 23.1 Å². The third-order valence-corrected chi connectivity index (χ3v) is 7.50. The summed E-state index contributed by atoms with van der Waals surface area (Å²) in [5.74, 6) is -0.180. The summed E-state index contributed by atoms with van der Waals surface area (Å²) in [5.41, 5.74) is 1.79. The van der Waals surface area contributed by atoms with Gasteiger partial charge in [0.2, 0.25) is 5.91 Å². The van der Waals surface area contributed by atoms with E-state index in [-0.39, 0.29) is 46.9 Å². The van der Waals surface area contributed by atoms with Crippen LogP contribution in [0.1, 0.15) is 57.8 Å². The third-order valence-electron chi connectivity index (χ3n) is 5.30. The molecule has 198 valence electrons. The largest absolute Gasteiger partial charge is 0.486 e. The van der Waals surface area contributed by atoms with Crippen LogP contribution < -0.4 is 10.1 Å². The van der Waals surface area contributed by atoms with Gasteiger partial charge in [-0.05, 0) is 50.5 Å². The molecule has 0 fully saturated rings. The molecule has 0 radical (unpaired) electrons. The molecule has 1 aromatic carbocycles. The van der Waals surface area contributed by atoms with Gasteiger partial charge in [-0.1, -0.05) is 30.8 Å². The van der Waals surface area contributed by atoms with E-state index in [2.05, 4.69) is 22.4 Å². The van der Waals surface area contributed by atoms with Crippen molar-refractivity contribution in [1.82, 2.24) is 14.8 Å². The summed E-state index contributed by atoms with van der Waals surface area (Å²) in [7, 11) is 1.80. The van der Waals surface area contributed by atoms with E-state index in [9.17, 15) is 14.4 Å². The quantitative estimate of drug-likeness (QED) is 0.260. The lowest BCUT2D eigenvalue weighted by atomic mass is 10.1. The van der Waals surface area contributed by atoms with Crippen molar-refractivity contribution in [2.75, 3.05) is 24.3 Å². The van der Waals surface area contributed by atoms with Gasteiger partial charge in [-0.15, -0.1) is 21.5 Å². The van der Waals surface area contributed by atoms with Gasteiger partial charge in [-0.2, -0.15) is 0 Å². The number of nitrogens with one attached hydrogen (secondary N) is 1. The molecule has 3 rings (SSSR count). The second-order valence-corrected chi connectivity index (χ2v) is 9.75. The Morgan fingerprint density at radius 2 is 1.70 bits per heavy atom. The molecule has 12 heteroatoms. The predicted octanol–water partition coefficient (Wildman–Crippen LogP) is 4.41. The molecule has 0 aliphatic heterocycles. The van der Waals surface area contributed by atoms with Crippen molar-refractivity contribution >= 4 is 45.9 Å². The van der Waals surface area contributed by atoms with Gasteiger partial charge in [0.15, 0.2) is 11.0 Å². The number of hydrogen-bond donors (Lipinski definition) is 1. The highest BCUT2D eigenvalue weighted by Crippen LogP contribution is 2.34. The molecule has 0 unspecified atom stereocenters. The number of aromatic nitrogens is 3. The normalized spacial score (nSPS) is 10.7. The minimum Gasteiger partial charge on any atom is -0.486 e. The molecule has 0 bridgehead atoms. The molecule has 37 heavy (non-hydrogen) atoms. The van der Waals surface area contributed by atoms with Gasteiger partial charge in [0.25, 0.3) is 0 Å². The average molecular weight is 547 g/mol. The lowest BCUT2D eigenvalue weighted by Crippen LogP contribution is -2.17. The number of rotatable bonds is 12. The van der Waals surface area contributed by atoms with E-state index in [0.717, 1.165) is 23.5 Å². The summed E-state index contributed by atoms with van der Waals surface area (Å²) in [4.78, 5) is 37.8. The lowest BCUT2D eigenvalue weighted by molar-refractivity contribution is -0.113. The second kappa shape index (κ2) is 13.2. The van der Waals surface area contributed by atoms with Crippen molar-refractivity contribution in [3.05, 3.63) is 51.7 Å². The fourth-order valence-electron chi connectivity index (χ4n) is 3.30. The van der Waals surface area contributed by atoms with Gasteiger partial charge in [-0.25, -0.2) is 9.59 Å². The minimum atomic E-state index is -0.614. The SMILES string of the molecule is CCOC(=O)c1sc(NC(=O)CSc2nnc(COc3ccc(CC)cc3)n2C)c(C(=O)OCC)c1C. The number of amides is 1. The van der Waals surface area contributed by atoms with E-state index < -0.39 is 11.9 Å². The zero-order valence-electron chi connectivity index (χ0n) is 21.5. The number of benzene rings is 1. The first-order chi connectivity index (χ1) is 17.8. The number of ether oxygens (including phenoxy) is 3. The van der Waals surface area contributed by atoms with Gasteiger partial charge in [0.05, 0.1) is 24.5 Å². The highest BCUT2D eigenvalue weighted by atomic mass is 32.2. The number of thiophene rings is 1. The van der Waals surface area contributed by atoms with Crippen LogP contribution in [0.5, 0.6) is 5.75 Å². The number of nitrogens with zero attached hydrogens (tertiary/aromatic N) is 3. The Morgan fingerprint density at radius 3 is 2.35 bits per heavy atom. The van der Waals surface area contributed by atoms with Crippen LogP contribution in [-0.2, 0) is 34.3 Å². The summed E-state index contributed by atoms with van der Waals surface area (Å²) in [6, 6.07) is 7.87.